The molecule has 7 heteroatoms. The van der Waals surface area contributed by atoms with Gasteiger partial charge in [-0.3, -0.25) is 0 Å². The van der Waals surface area contributed by atoms with Gasteiger partial charge in [0.15, 0.2) is 0 Å². The van der Waals surface area contributed by atoms with Crippen LogP contribution in [0.5, 0.6) is 0 Å². The summed E-state index contributed by atoms with van der Waals surface area (Å²) in [5, 5.41) is 0. The molecule has 1 heterocycles. The van der Waals surface area contributed by atoms with E-state index in [1.54, 1.807) is 12.1 Å². The molecule has 27 heavy (non-hydrogen) atoms. The summed E-state index contributed by atoms with van der Waals surface area (Å²) in [6.07, 6.45) is 0. The molecule has 0 bridgehead atoms. The fraction of sp³-hybridized carbons (Fsp3) is 0.350. The molecule has 0 aliphatic heterocycles. The largest absolute Gasteiger partial charge is 0.364 e. The highest BCUT2D eigenvalue weighted by atomic mass is 32.2. The number of anilines is 1. The van der Waals surface area contributed by atoms with Gasteiger partial charge in [-0.1, -0.05) is 18.2 Å². The Bertz CT molecular complexity index is 1030. The van der Waals surface area contributed by atoms with E-state index in [0.717, 1.165) is 30.1 Å². The molecule has 0 saturated carbocycles. The Kier molecular flexibility index (Phi) is 5.53. The van der Waals surface area contributed by atoms with Gasteiger partial charge in [-0.05, 0) is 44.2 Å². The molecule has 0 radical (unpaired) electrons. The van der Waals surface area contributed by atoms with Crippen LogP contribution in [-0.2, 0) is 23.1 Å². The smallest absolute Gasteiger partial charge is 0.242 e. The van der Waals surface area contributed by atoms with E-state index < -0.39 is 10.0 Å². The maximum Gasteiger partial charge on any atom is 0.242 e. The van der Waals surface area contributed by atoms with Gasteiger partial charge in [0.05, 0.1) is 22.5 Å². The lowest BCUT2D eigenvalue weighted by molar-refractivity contribution is 0.521. The van der Waals surface area contributed by atoms with Crippen molar-refractivity contribution in [1.82, 2.24) is 13.9 Å². The first-order chi connectivity index (χ1) is 12.9. The quantitative estimate of drug-likeness (QED) is 0.625. The predicted octanol–water partition coefficient (Wildman–Crippen LogP) is 3.33. The maximum atomic E-state index is 12.4. The van der Waals surface area contributed by atoms with E-state index in [-0.39, 0.29) is 4.90 Å². The molecule has 0 amide bonds. The topological polar surface area (TPSA) is 58.4 Å². The Morgan fingerprint density at radius 1 is 1.04 bits per heavy atom. The van der Waals surface area contributed by atoms with Crippen LogP contribution in [0, 0.1) is 0 Å². The third-order valence-electron chi connectivity index (χ3n) is 4.73. The van der Waals surface area contributed by atoms with E-state index in [1.165, 1.54) is 18.4 Å². The first kappa shape index (κ1) is 19.4. The van der Waals surface area contributed by atoms with Crippen molar-refractivity contribution < 1.29 is 8.42 Å². The average Bonchev–Trinajstić information content (AvgIpc) is 3.02. The van der Waals surface area contributed by atoms with E-state index in [9.17, 15) is 8.42 Å². The predicted molar refractivity (Wildman–Crippen MR) is 109 cm³/mol. The van der Waals surface area contributed by atoms with Crippen molar-refractivity contribution >= 4 is 26.7 Å². The molecule has 2 aromatic carbocycles. The highest BCUT2D eigenvalue weighted by Crippen LogP contribution is 2.24. The van der Waals surface area contributed by atoms with Crippen LogP contribution in [0.2, 0.25) is 0 Å². The number of hydrogen-bond acceptors (Lipinski definition) is 4. The van der Waals surface area contributed by atoms with E-state index in [1.807, 2.05) is 24.3 Å². The lowest BCUT2D eigenvalue weighted by Crippen LogP contribution is -2.24. The summed E-state index contributed by atoms with van der Waals surface area (Å²) in [7, 11) is -0.403. The SMILES string of the molecule is CCN(Cc1nc2cc(S(=O)(=O)N(C)C)ccc2n1CC)c1ccccc1. The molecular formula is C20H26N4O2S. The van der Waals surface area contributed by atoms with Gasteiger partial charge in [-0.15, -0.1) is 0 Å². The van der Waals surface area contributed by atoms with Crippen LogP contribution in [0.1, 0.15) is 19.7 Å². The summed E-state index contributed by atoms with van der Waals surface area (Å²) < 4.78 is 28.2. The normalized spacial score (nSPS) is 12.0. The number of nitrogens with zero attached hydrogens (tertiary/aromatic N) is 4. The van der Waals surface area contributed by atoms with E-state index in [0.29, 0.717) is 12.1 Å². The zero-order valence-electron chi connectivity index (χ0n) is 16.3. The van der Waals surface area contributed by atoms with Crippen molar-refractivity contribution in [1.29, 1.82) is 0 Å². The maximum absolute atomic E-state index is 12.4. The molecule has 3 rings (SSSR count). The average molecular weight is 387 g/mol. The molecule has 0 atom stereocenters. The minimum absolute atomic E-state index is 0.266. The molecule has 6 nitrogen and oxygen atoms in total. The molecule has 3 aromatic rings. The second kappa shape index (κ2) is 7.70. The van der Waals surface area contributed by atoms with Crippen LogP contribution in [0.4, 0.5) is 5.69 Å². The minimum Gasteiger partial charge on any atom is -0.364 e. The fourth-order valence-corrected chi connectivity index (χ4v) is 4.12. The lowest BCUT2D eigenvalue weighted by atomic mass is 10.3. The monoisotopic (exact) mass is 386 g/mol. The molecule has 0 fully saturated rings. The van der Waals surface area contributed by atoms with Crippen molar-refractivity contribution in [3.8, 4) is 0 Å². The van der Waals surface area contributed by atoms with Crippen LogP contribution < -0.4 is 4.90 Å². The second-order valence-electron chi connectivity index (χ2n) is 6.56. The summed E-state index contributed by atoms with van der Waals surface area (Å²) in [5.74, 6) is 0.928. The van der Waals surface area contributed by atoms with Crippen LogP contribution >= 0.6 is 0 Å². The van der Waals surface area contributed by atoms with Crippen molar-refractivity contribution in [2.45, 2.75) is 31.8 Å². The number of rotatable bonds is 7. The minimum atomic E-state index is -3.48. The number of aromatic nitrogens is 2. The first-order valence-electron chi connectivity index (χ1n) is 9.10. The number of fused-ring (bicyclic) bond motifs is 1. The number of imidazole rings is 1. The molecule has 0 saturated heterocycles. The zero-order chi connectivity index (χ0) is 19.6. The molecule has 0 spiro atoms. The van der Waals surface area contributed by atoms with Crippen LogP contribution in [-0.4, -0.2) is 42.9 Å². The molecule has 0 unspecified atom stereocenters. The van der Waals surface area contributed by atoms with Crippen molar-refractivity contribution in [3.63, 3.8) is 0 Å². The van der Waals surface area contributed by atoms with Crippen molar-refractivity contribution in [3.05, 3.63) is 54.4 Å². The van der Waals surface area contributed by atoms with Gasteiger partial charge in [-0.2, -0.15) is 0 Å². The lowest BCUT2D eigenvalue weighted by Gasteiger charge is -2.23. The summed E-state index contributed by atoms with van der Waals surface area (Å²) in [5.41, 5.74) is 2.80. The number of benzene rings is 2. The molecule has 0 N–H and O–H groups in total. The Balaban J connectivity index is 2.03. The van der Waals surface area contributed by atoms with Gasteiger partial charge >= 0.3 is 0 Å². The van der Waals surface area contributed by atoms with Gasteiger partial charge in [0, 0.05) is 32.9 Å². The van der Waals surface area contributed by atoms with E-state index in [2.05, 4.69) is 35.4 Å². The van der Waals surface area contributed by atoms with Gasteiger partial charge in [0.25, 0.3) is 0 Å². The summed E-state index contributed by atoms with van der Waals surface area (Å²) in [6.45, 7) is 6.50. The Hall–Kier alpha value is -2.38. The summed E-state index contributed by atoms with van der Waals surface area (Å²) in [6, 6.07) is 15.4. The van der Waals surface area contributed by atoms with Crippen LogP contribution in [0.25, 0.3) is 11.0 Å². The van der Waals surface area contributed by atoms with E-state index in [4.69, 9.17) is 4.98 Å². The van der Waals surface area contributed by atoms with Gasteiger partial charge in [-0.25, -0.2) is 17.7 Å². The zero-order valence-corrected chi connectivity index (χ0v) is 17.1. The third kappa shape index (κ3) is 3.70. The molecule has 144 valence electrons. The summed E-state index contributed by atoms with van der Waals surface area (Å²) >= 11 is 0. The molecular weight excluding hydrogens is 360 g/mol. The fourth-order valence-electron chi connectivity index (χ4n) is 3.20. The highest BCUT2D eigenvalue weighted by molar-refractivity contribution is 7.89. The first-order valence-corrected chi connectivity index (χ1v) is 10.5. The summed E-state index contributed by atoms with van der Waals surface area (Å²) in [4.78, 5) is 7.29. The Morgan fingerprint density at radius 3 is 2.33 bits per heavy atom. The Morgan fingerprint density at radius 2 is 1.74 bits per heavy atom. The molecule has 1 aromatic heterocycles. The number of sulfonamides is 1. The van der Waals surface area contributed by atoms with Crippen LogP contribution in [0.3, 0.4) is 0 Å². The van der Waals surface area contributed by atoms with Gasteiger partial charge in [0.2, 0.25) is 10.0 Å². The van der Waals surface area contributed by atoms with Crippen molar-refractivity contribution in [2.24, 2.45) is 0 Å². The van der Waals surface area contributed by atoms with E-state index >= 15 is 0 Å². The Labute approximate surface area is 161 Å². The molecule has 0 aliphatic rings. The number of para-hydroxylation sites is 1. The van der Waals surface area contributed by atoms with Crippen molar-refractivity contribution in [2.75, 3.05) is 25.5 Å². The highest BCUT2D eigenvalue weighted by Gasteiger charge is 2.20. The molecule has 0 aliphatic carbocycles. The third-order valence-corrected chi connectivity index (χ3v) is 6.54. The number of aryl methyl sites for hydroxylation is 1. The standard InChI is InChI=1S/C20H26N4O2S/c1-5-23(16-10-8-7-9-11-16)15-20-21-18-14-17(27(25,26)22(3)4)12-13-19(18)24(20)6-2/h7-14H,5-6,15H2,1-4H3. The van der Waals surface area contributed by atoms with Gasteiger partial charge < -0.3 is 9.47 Å². The van der Waals surface area contributed by atoms with Gasteiger partial charge in [0.1, 0.15) is 5.82 Å². The van der Waals surface area contributed by atoms with Crippen LogP contribution in [0.15, 0.2) is 53.4 Å². The number of hydrogen-bond donors (Lipinski definition) is 0. The second-order valence-corrected chi connectivity index (χ2v) is 8.71.